The number of aromatic nitrogens is 2. The lowest BCUT2D eigenvalue weighted by Crippen LogP contribution is -2.21. The number of para-hydroxylation sites is 2. The highest BCUT2D eigenvalue weighted by atomic mass is 16.6. The number of hydrogen-bond acceptors (Lipinski definition) is 5. The predicted molar refractivity (Wildman–Crippen MR) is 86.5 cm³/mol. The second kappa shape index (κ2) is 6.91. The first-order chi connectivity index (χ1) is 11.7. The first-order valence-corrected chi connectivity index (χ1v) is 7.30. The first kappa shape index (κ1) is 15.7. The van der Waals surface area contributed by atoms with Crippen LogP contribution < -0.4 is 14.8 Å². The molecule has 3 aromatic rings. The van der Waals surface area contributed by atoms with E-state index in [1.165, 1.54) is 7.11 Å². The Morgan fingerprint density at radius 2 is 2.04 bits per heavy atom. The number of nitrogens with one attached hydrogen (secondary N) is 1. The fourth-order valence-corrected chi connectivity index (χ4v) is 2.22. The van der Waals surface area contributed by atoms with Crippen LogP contribution in [0.5, 0.6) is 11.7 Å². The van der Waals surface area contributed by atoms with Crippen LogP contribution in [0.15, 0.2) is 53.2 Å². The highest BCUT2D eigenvalue weighted by Gasteiger charge is 2.12. The molecule has 1 aromatic carbocycles. The van der Waals surface area contributed by atoms with E-state index in [2.05, 4.69) is 10.4 Å². The average Bonchev–Trinajstić information content (AvgIpc) is 3.29. The average molecular weight is 327 g/mol. The third kappa shape index (κ3) is 3.24. The summed E-state index contributed by atoms with van der Waals surface area (Å²) in [6.45, 7) is 0.330. The van der Waals surface area contributed by atoms with Gasteiger partial charge in [0.25, 0.3) is 11.9 Å². The van der Waals surface area contributed by atoms with Crippen LogP contribution in [-0.2, 0) is 6.54 Å². The number of ether oxygens (including phenoxy) is 2. The van der Waals surface area contributed by atoms with Gasteiger partial charge < -0.3 is 19.2 Å². The summed E-state index contributed by atoms with van der Waals surface area (Å²) in [5.41, 5.74) is 1.68. The number of rotatable bonds is 6. The van der Waals surface area contributed by atoms with Crippen molar-refractivity contribution in [1.29, 1.82) is 0 Å². The Hall–Kier alpha value is -3.22. The monoisotopic (exact) mass is 327 g/mol. The standard InChI is InChI=1S/C17H17N3O4/c1-22-14-6-4-3-5-13(14)20-11-12(10-19-20)9-18-17(21)15-7-8-16(23-2)24-15/h3-8,10-11H,9H2,1-2H3,(H,18,21). The Balaban J connectivity index is 1.67. The van der Waals surface area contributed by atoms with Crippen molar-refractivity contribution in [3.63, 3.8) is 0 Å². The number of hydrogen-bond donors (Lipinski definition) is 1. The Kier molecular flexibility index (Phi) is 4.51. The molecule has 7 nitrogen and oxygen atoms in total. The van der Waals surface area contributed by atoms with Crippen LogP contribution in [0.25, 0.3) is 5.69 Å². The number of carbonyl (C=O) groups excluding carboxylic acids is 1. The maximum atomic E-state index is 12.0. The van der Waals surface area contributed by atoms with Crippen LogP contribution in [-0.4, -0.2) is 29.9 Å². The summed E-state index contributed by atoms with van der Waals surface area (Å²) in [7, 11) is 3.09. The summed E-state index contributed by atoms with van der Waals surface area (Å²) >= 11 is 0. The van der Waals surface area contributed by atoms with Crippen LogP contribution >= 0.6 is 0 Å². The maximum Gasteiger partial charge on any atom is 0.287 e. The molecule has 1 amide bonds. The third-order valence-electron chi connectivity index (χ3n) is 3.43. The summed E-state index contributed by atoms with van der Waals surface area (Å²) in [5.74, 6) is 0.898. The van der Waals surface area contributed by atoms with Crippen molar-refractivity contribution >= 4 is 5.91 Å². The molecule has 0 spiro atoms. The second-order valence-corrected chi connectivity index (χ2v) is 4.97. The second-order valence-electron chi connectivity index (χ2n) is 4.97. The normalized spacial score (nSPS) is 10.4. The van der Waals surface area contributed by atoms with Gasteiger partial charge in [-0.15, -0.1) is 0 Å². The summed E-state index contributed by atoms with van der Waals surface area (Å²) in [5, 5.41) is 7.08. The van der Waals surface area contributed by atoms with E-state index in [1.54, 1.807) is 30.1 Å². The fraction of sp³-hybridized carbons (Fsp3) is 0.176. The SMILES string of the molecule is COc1ccc(C(=O)NCc2cnn(-c3ccccc3OC)c2)o1. The molecule has 0 bridgehead atoms. The molecule has 124 valence electrons. The predicted octanol–water partition coefficient (Wildman–Crippen LogP) is 2.41. The summed E-state index contributed by atoms with van der Waals surface area (Å²) in [6.07, 6.45) is 3.52. The molecule has 2 heterocycles. The Bertz CT molecular complexity index is 838. The van der Waals surface area contributed by atoms with Gasteiger partial charge in [0.1, 0.15) is 11.4 Å². The lowest BCUT2D eigenvalue weighted by Gasteiger charge is -2.07. The minimum Gasteiger partial charge on any atom is -0.494 e. The van der Waals surface area contributed by atoms with E-state index in [0.717, 1.165) is 17.0 Å². The Morgan fingerprint density at radius 3 is 2.79 bits per heavy atom. The summed E-state index contributed by atoms with van der Waals surface area (Å²) < 4.78 is 17.2. The highest BCUT2D eigenvalue weighted by Crippen LogP contribution is 2.21. The van der Waals surface area contributed by atoms with Gasteiger partial charge in [0.05, 0.1) is 20.4 Å². The smallest absolute Gasteiger partial charge is 0.287 e. The van der Waals surface area contributed by atoms with Gasteiger partial charge in [-0.1, -0.05) is 12.1 Å². The minimum absolute atomic E-state index is 0.198. The zero-order valence-electron chi connectivity index (χ0n) is 13.4. The molecule has 3 rings (SSSR count). The van der Waals surface area contributed by atoms with Crippen molar-refractivity contribution in [3.8, 4) is 17.4 Å². The summed E-state index contributed by atoms with van der Waals surface area (Å²) in [6, 6.07) is 10.7. The van der Waals surface area contributed by atoms with E-state index in [0.29, 0.717) is 12.5 Å². The molecule has 0 aliphatic rings. The van der Waals surface area contributed by atoms with Gasteiger partial charge in [0.2, 0.25) is 0 Å². The van der Waals surface area contributed by atoms with Gasteiger partial charge in [-0.3, -0.25) is 4.79 Å². The van der Waals surface area contributed by atoms with Crippen molar-refractivity contribution < 1.29 is 18.7 Å². The maximum absolute atomic E-state index is 12.0. The molecule has 7 heteroatoms. The number of furan rings is 1. The topological polar surface area (TPSA) is 78.5 Å². The van der Waals surface area contributed by atoms with E-state index < -0.39 is 0 Å². The van der Waals surface area contributed by atoms with Gasteiger partial charge in [-0.25, -0.2) is 4.68 Å². The molecule has 0 aliphatic heterocycles. The van der Waals surface area contributed by atoms with Crippen LogP contribution in [0.3, 0.4) is 0 Å². The van der Waals surface area contributed by atoms with E-state index in [9.17, 15) is 4.79 Å². The van der Waals surface area contributed by atoms with Gasteiger partial charge in [-0.05, 0) is 18.2 Å². The molecule has 0 unspecified atom stereocenters. The number of carbonyl (C=O) groups is 1. The molecule has 0 atom stereocenters. The van der Waals surface area contributed by atoms with Gasteiger partial charge in [0, 0.05) is 24.4 Å². The fourth-order valence-electron chi connectivity index (χ4n) is 2.22. The molecule has 0 saturated heterocycles. The zero-order chi connectivity index (χ0) is 16.9. The van der Waals surface area contributed by atoms with Gasteiger partial charge >= 0.3 is 0 Å². The van der Waals surface area contributed by atoms with Gasteiger partial charge in [0.15, 0.2) is 5.76 Å². The first-order valence-electron chi connectivity index (χ1n) is 7.30. The van der Waals surface area contributed by atoms with Crippen molar-refractivity contribution in [3.05, 3.63) is 60.1 Å². The Morgan fingerprint density at radius 1 is 1.21 bits per heavy atom. The van der Waals surface area contributed by atoms with Crippen molar-refractivity contribution in [1.82, 2.24) is 15.1 Å². The highest BCUT2D eigenvalue weighted by molar-refractivity contribution is 5.91. The molecule has 0 radical (unpaired) electrons. The number of amides is 1. The minimum atomic E-state index is -0.316. The van der Waals surface area contributed by atoms with Crippen molar-refractivity contribution in [2.75, 3.05) is 14.2 Å². The van der Waals surface area contributed by atoms with Crippen molar-refractivity contribution in [2.45, 2.75) is 6.54 Å². The third-order valence-corrected chi connectivity index (χ3v) is 3.43. The molecule has 1 N–H and O–H groups in total. The van der Waals surface area contributed by atoms with Crippen LogP contribution in [0, 0.1) is 0 Å². The van der Waals surface area contributed by atoms with E-state index in [-0.39, 0.29) is 11.7 Å². The van der Waals surface area contributed by atoms with E-state index in [1.807, 2.05) is 30.5 Å². The molecule has 24 heavy (non-hydrogen) atoms. The molecule has 0 fully saturated rings. The lowest BCUT2D eigenvalue weighted by atomic mass is 10.3. The van der Waals surface area contributed by atoms with E-state index in [4.69, 9.17) is 13.9 Å². The molecule has 0 aliphatic carbocycles. The van der Waals surface area contributed by atoms with Crippen LogP contribution in [0.1, 0.15) is 16.1 Å². The molecular formula is C17H17N3O4. The Labute approximate surface area is 138 Å². The van der Waals surface area contributed by atoms with Crippen LogP contribution in [0.2, 0.25) is 0 Å². The van der Waals surface area contributed by atoms with Crippen LogP contribution in [0.4, 0.5) is 0 Å². The zero-order valence-corrected chi connectivity index (χ0v) is 13.4. The number of nitrogens with zero attached hydrogens (tertiary/aromatic N) is 2. The lowest BCUT2D eigenvalue weighted by molar-refractivity contribution is 0.0917. The van der Waals surface area contributed by atoms with Gasteiger partial charge in [-0.2, -0.15) is 5.10 Å². The summed E-state index contributed by atoms with van der Waals surface area (Å²) in [4.78, 5) is 12.0. The molecule has 0 saturated carbocycles. The largest absolute Gasteiger partial charge is 0.494 e. The van der Waals surface area contributed by atoms with Crippen molar-refractivity contribution in [2.24, 2.45) is 0 Å². The number of benzene rings is 1. The molecule has 2 aromatic heterocycles. The molecular weight excluding hydrogens is 310 g/mol. The number of methoxy groups -OCH3 is 2. The quantitative estimate of drug-likeness (QED) is 0.752. The van der Waals surface area contributed by atoms with E-state index >= 15 is 0 Å².